The Morgan fingerprint density at radius 3 is 2.79 bits per heavy atom. The summed E-state index contributed by atoms with van der Waals surface area (Å²) in [6.45, 7) is 6.34. The minimum Gasteiger partial charge on any atom is -0.225 e. The third kappa shape index (κ3) is 1.88. The summed E-state index contributed by atoms with van der Waals surface area (Å²) in [7, 11) is 0. The quantitative estimate of drug-likeness (QED) is 0.478. The molecular weight excluding hydrogens is 316 g/mol. The van der Waals surface area contributed by atoms with Crippen molar-refractivity contribution in [1.82, 2.24) is 19.6 Å². The van der Waals surface area contributed by atoms with Crippen molar-refractivity contribution in [2.75, 3.05) is 0 Å². The van der Waals surface area contributed by atoms with Gasteiger partial charge in [0, 0.05) is 10.4 Å². The molecule has 1 aliphatic carbocycles. The van der Waals surface area contributed by atoms with Crippen molar-refractivity contribution < 1.29 is 0 Å². The Morgan fingerprint density at radius 1 is 1.08 bits per heavy atom. The Labute approximate surface area is 144 Å². The minimum absolute atomic E-state index is 0.790. The fourth-order valence-corrected chi connectivity index (χ4v) is 4.96. The monoisotopic (exact) mass is 334 g/mol. The van der Waals surface area contributed by atoms with Gasteiger partial charge in [-0.3, -0.25) is 0 Å². The Balaban J connectivity index is 1.96. The molecule has 3 heterocycles. The average molecular weight is 334 g/mol. The number of aromatic nitrogens is 4. The Bertz CT molecular complexity index is 1120. The van der Waals surface area contributed by atoms with Crippen LogP contribution in [0.5, 0.6) is 0 Å². The first-order valence-electron chi connectivity index (χ1n) is 8.35. The molecule has 5 rings (SSSR count). The predicted octanol–water partition coefficient (Wildman–Crippen LogP) is 4.42. The molecular formula is C19H18N4S. The molecule has 0 atom stereocenters. The van der Waals surface area contributed by atoms with Crippen LogP contribution in [-0.2, 0) is 12.8 Å². The summed E-state index contributed by atoms with van der Waals surface area (Å²) in [6.07, 6.45) is 5.23. The number of hydrogen-bond acceptors (Lipinski definition) is 4. The van der Waals surface area contributed by atoms with Crippen LogP contribution in [0.4, 0.5) is 0 Å². The Hall–Kier alpha value is -2.27. The lowest BCUT2D eigenvalue weighted by atomic mass is 9.93. The van der Waals surface area contributed by atoms with E-state index in [-0.39, 0.29) is 0 Å². The van der Waals surface area contributed by atoms with E-state index in [0.29, 0.717) is 0 Å². The van der Waals surface area contributed by atoms with Crippen molar-refractivity contribution in [2.45, 2.75) is 40.0 Å². The van der Waals surface area contributed by atoms with Gasteiger partial charge in [-0.25, -0.2) is 14.5 Å². The van der Waals surface area contributed by atoms with E-state index in [9.17, 15) is 0 Å². The smallest absolute Gasteiger partial charge is 0.168 e. The number of aryl methyl sites for hydroxylation is 5. The van der Waals surface area contributed by atoms with E-state index in [1.807, 2.05) is 22.8 Å². The first kappa shape index (κ1) is 14.1. The third-order valence-electron chi connectivity index (χ3n) is 5.05. The molecule has 0 saturated carbocycles. The van der Waals surface area contributed by atoms with Crippen molar-refractivity contribution in [3.8, 4) is 11.1 Å². The molecule has 120 valence electrons. The van der Waals surface area contributed by atoms with E-state index < -0.39 is 0 Å². The van der Waals surface area contributed by atoms with E-state index in [2.05, 4.69) is 41.0 Å². The molecule has 0 fully saturated rings. The van der Waals surface area contributed by atoms with Crippen molar-refractivity contribution in [1.29, 1.82) is 0 Å². The van der Waals surface area contributed by atoms with Crippen LogP contribution in [-0.4, -0.2) is 19.6 Å². The molecule has 0 N–H and O–H groups in total. The van der Waals surface area contributed by atoms with E-state index in [0.717, 1.165) is 29.1 Å². The summed E-state index contributed by atoms with van der Waals surface area (Å²) >= 11 is 1.82. The van der Waals surface area contributed by atoms with Crippen LogP contribution in [0, 0.1) is 20.8 Å². The maximum atomic E-state index is 4.68. The Kier molecular flexibility index (Phi) is 2.86. The average Bonchev–Trinajstić information content (AvgIpc) is 3.05. The summed E-state index contributed by atoms with van der Waals surface area (Å²) in [6, 6.07) is 4.72. The lowest BCUT2D eigenvalue weighted by Crippen LogP contribution is -1.94. The highest BCUT2D eigenvalue weighted by atomic mass is 32.1. The summed E-state index contributed by atoms with van der Waals surface area (Å²) in [5, 5.41) is 5.62. The second-order valence-corrected chi connectivity index (χ2v) is 7.78. The van der Waals surface area contributed by atoms with Gasteiger partial charge in [0.15, 0.2) is 5.65 Å². The zero-order chi connectivity index (χ0) is 16.4. The van der Waals surface area contributed by atoms with Gasteiger partial charge in [0.2, 0.25) is 0 Å². The van der Waals surface area contributed by atoms with Crippen LogP contribution < -0.4 is 0 Å². The number of hydrogen-bond donors (Lipinski definition) is 0. The molecule has 1 aliphatic rings. The third-order valence-corrected chi connectivity index (χ3v) is 6.20. The van der Waals surface area contributed by atoms with Crippen LogP contribution in [0.3, 0.4) is 0 Å². The van der Waals surface area contributed by atoms with Crippen LogP contribution >= 0.6 is 11.3 Å². The predicted molar refractivity (Wildman–Crippen MR) is 97.8 cm³/mol. The maximum absolute atomic E-state index is 4.68. The number of benzene rings is 1. The largest absolute Gasteiger partial charge is 0.225 e. The van der Waals surface area contributed by atoms with Gasteiger partial charge in [-0.2, -0.15) is 5.10 Å². The normalized spacial score (nSPS) is 14.0. The number of fused-ring (bicyclic) bond motifs is 7. The zero-order valence-corrected chi connectivity index (χ0v) is 14.9. The minimum atomic E-state index is 0.790. The van der Waals surface area contributed by atoms with Gasteiger partial charge in [-0.1, -0.05) is 12.1 Å². The van der Waals surface area contributed by atoms with Crippen molar-refractivity contribution in [2.24, 2.45) is 0 Å². The van der Waals surface area contributed by atoms with Gasteiger partial charge in [0.05, 0.1) is 5.39 Å². The summed E-state index contributed by atoms with van der Waals surface area (Å²) < 4.78 is 1.82. The highest BCUT2D eigenvalue weighted by molar-refractivity contribution is 7.19. The first-order chi connectivity index (χ1) is 11.6. The second kappa shape index (κ2) is 4.86. The molecule has 24 heavy (non-hydrogen) atoms. The van der Waals surface area contributed by atoms with Crippen molar-refractivity contribution in [3.05, 3.63) is 45.9 Å². The van der Waals surface area contributed by atoms with Crippen LogP contribution in [0.25, 0.3) is 27.0 Å². The molecule has 5 heteroatoms. The van der Waals surface area contributed by atoms with E-state index in [1.54, 1.807) is 6.33 Å². The fourth-order valence-electron chi connectivity index (χ4n) is 3.77. The molecule has 4 aromatic rings. The topological polar surface area (TPSA) is 43.1 Å². The molecule has 0 unspecified atom stereocenters. The van der Waals surface area contributed by atoms with E-state index >= 15 is 0 Å². The number of rotatable bonds is 0. The standard InChI is InChI=1S/C19H18N4S/c1-10-7-13-5-4-6-15-16(14(13)8-11(10)2)17-18-21-12(3)22-23(18)9-20-19(17)24-15/h7-9H,4-6H2,1-3H3. The lowest BCUT2D eigenvalue weighted by Gasteiger charge is -2.11. The molecule has 0 saturated heterocycles. The van der Waals surface area contributed by atoms with Gasteiger partial charge in [0.25, 0.3) is 0 Å². The SMILES string of the molecule is Cc1nc2c3c4c(sc3ncn2n1)CCCc1cc(C)c(C)cc1-4. The molecule has 4 nitrogen and oxygen atoms in total. The highest BCUT2D eigenvalue weighted by Crippen LogP contribution is 2.44. The van der Waals surface area contributed by atoms with Crippen molar-refractivity contribution in [3.63, 3.8) is 0 Å². The summed E-state index contributed by atoms with van der Waals surface area (Å²) in [5.41, 5.74) is 7.82. The first-order valence-corrected chi connectivity index (χ1v) is 9.17. The molecule has 0 radical (unpaired) electrons. The van der Waals surface area contributed by atoms with Crippen LogP contribution in [0.1, 0.15) is 33.8 Å². The zero-order valence-electron chi connectivity index (χ0n) is 14.1. The van der Waals surface area contributed by atoms with Gasteiger partial charge in [-0.05, 0) is 62.3 Å². The van der Waals surface area contributed by atoms with Crippen LogP contribution in [0.2, 0.25) is 0 Å². The molecule has 0 spiro atoms. The van der Waals surface area contributed by atoms with Crippen molar-refractivity contribution >= 4 is 27.2 Å². The molecule has 0 aliphatic heterocycles. The molecule has 0 bridgehead atoms. The Morgan fingerprint density at radius 2 is 1.92 bits per heavy atom. The summed E-state index contributed by atoms with van der Waals surface area (Å²) in [4.78, 5) is 11.8. The molecule has 3 aromatic heterocycles. The number of thiophene rings is 1. The van der Waals surface area contributed by atoms with Gasteiger partial charge >= 0.3 is 0 Å². The van der Waals surface area contributed by atoms with Gasteiger partial charge < -0.3 is 0 Å². The number of nitrogens with zero attached hydrogens (tertiary/aromatic N) is 4. The maximum Gasteiger partial charge on any atom is 0.168 e. The molecule has 1 aromatic carbocycles. The van der Waals surface area contributed by atoms with E-state index in [4.69, 9.17) is 0 Å². The second-order valence-electron chi connectivity index (χ2n) is 6.70. The fraction of sp³-hybridized carbons (Fsp3) is 0.316. The molecule has 0 amide bonds. The van der Waals surface area contributed by atoms with Crippen LogP contribution in [0.15, 0.2) is 18.5 Å². The lowest BCUT2D eigenvalue weighted by molar-refractivity contribution is 0.843. The highest BCUT2D eigenvalue weighted by Gasteiger charge is 2.23. The van der Waals surface area contributed by atoms with Gasteiger partial charge in [-0.15, -0.1) is 11.3 Å². The van der Waals surface area contributed by atoms with Gasteiger partial charge in [0.1, 0.15) is 17.0 Å². The van der Waals surface area contributed by atoms with E-state index in [1.165, 1.54) is 44.5 Å². The summed E-state index contributed by atoms with van der Waals surface area (Å²) in [5.74, 6) is 0.790.